The number of nitrogens with one attached hydrogen (secondary N) is 1. The van der Waals surface area contributed by atoms with E-state index in [2.05, 4.69) is 26.2 Å². The van der Waals surface area contributed by atoms with Crippen LogP contribution in [0.4, 0.5) is 24.7 Å². The van der Waals surface area contributed by atoms with Gasteiger partial charge in [0.2, 0.25) is 0 Å². The molecule has 0 atom stereocenters. The third-order valence-electron chi connectivity index (χ3n) is 2.55. The second-order valence-corrected chi connectivity index (χ2v) is 4.95. The van der Waals surface area contributed by atoms with E-state index in [4.69, 9.17) is 5.73 Å². The molecule has 0 saturated carbocycles. The van der Waals surface area contributed by atoms with Crippen LogP contribution in [-0.4, -0.2) is 10.9 Å². The van der Waals surface area contributed by atoms with Crippen molar-refractivity contribution in [2.45, 2.75) is 6.18 Å². The molecular weight excluding hydrogens is 351 g/mol. The lowest BCUT2D eigenvalue weighted by Crippen LogP contribution is -2.15. The Balaban J connectivity index is 2.29. The van der Waals surface area contributed by atoms with Gasteiger partial charge in [-0.15, -0.1) is 0 Å². The van der Waals surface area contributed by atoms with Crippen LogP contribution in [0.25, 0.3) is 0 Å². The zero-order valence-electron chi connectivity index (χ0n) is 10.4. The fraction of sp³-hybridized carbons (Fsp3) is 0.0769. The average molecular weight is 360 g/mol. The number of carbonyl (C=O) groups is 1. The van der Waals surface area contributed by atoms with Crippen molar-refractivity contribution in [3.05, 3.63) is 52.1 Å². The molecule has 110 valence electrons. The van der Waals surface area contributed by atoms with Gasteiger partial charge >= 0.3 is 6.18 Å². The summed E-state index contributed by atoms with van der Waals surface area (Å²) in [5, 5.41) is 2.36. The molecule has 3 N–H and O–H groups in total. The standard InChI is InChI=1S/C13H9BrF3N3O/c14-8-5-4-7(13(15,16)17)6-10(8)20-12(21)9-2-1-3-11(18)19-9/h1-6H,(H2,18,19)(H,20,21). The van der Waals surface area contributed by atoms with E-state index in [-0.39, 0.29) is 17.2 Å². The first-order chi connectivity index (χ1) is 9.77. The highest BCUT2D eigenvalue weighted by molar-refractivity contribution is 9.10. The number of nitrogens with zero attached hydrogens (tertiary/aromatic N) is 1. The summed E-state index contributed by atoms with van der Waals surface area (Å²) in [7, 11) is 0. The van der Waals surface area contributed by atoms with Gasteiger partial charge in [0.1, 0.15) is 11.5 Å². The molecule has 0 spiro atoms. The van der Waals surface area contributed by atoms with Crippen molar-refractivity contribution in [1.29, 1.82) is 0 Å². The quantitative estimate of drug-likeness (QED) is 0.858. The molecule has 0 bridgehead atoms. The van der Waals surface area contributed by atoms with Crippen LogP contribution in [0.15, 0.2) is 40.9 Å². The zero-order chi connectivity index (χ0) is 15.6. The maximum Gasteiger partial charge on any atom is 0.416 e. The Hall–Kier alpha value is -2.09. The van der Waals surface area contributed by atoms with Crippen molar-refractivity contribution in [3.63, 3.8) is 0 Å². The van der Waals surface area contributed by atoms with Crippen LogP contribution in [0.2, 0.25) is 0 Å². The number of aromatic nitrogens is 1. The van der Waals surface area contributed by atoms with Crippen LogP contribution in [0.1, 0.15) is 16.1 Å². The lowest BCUT2D eigenvalue weighted by atomic mass is 10.2. The second-order valence-electron chi connectivity index (χ2n) is 4.09. The molecular formula is C13H9BrF3N3O. The summed E-state index contributed by atoms with van der Waals surface area (Å²) in [6.07, 6.45) is -4.49. The number of nitrogens with two attached hydrogens (primary N) is 1. The molecule has 0 unspecified atom stereocenters. The normalized spacial score (nSPS) is 11.2. The van der Waals surface area contributed by atoms with E-state index in [9.17, 15) is 18.0 Å². The smallest absolute Gasteiger partial charge is 0.384 e. The summed E-state index contributed by atoms with van der Waals surface area (Å²) in [6, 6.07) is 7.40. The lowest BCUT2D eigenvalue weighted by Gasteiger charge is -2.11. The van der Waals surface area contributed by atoms with E-state index in [0.29, 0.717) is 4.47 Å². The summed E-state index contributed by atoms with van der Waals surface area (Å²) in [5.41, 5.74) is 4.60. The molecule has 2 rings (SSSR count). The number of amides is 1. The fourth-order valence-electron chi connectivity index (χ4n) is 1.56. The molecule has 1 aromatic carbocycles. The largest absolute Gasteiger partial charge is 0.416 e. The minimum absolute atomic E-state index is 0.000880. The first-order valence-corrected chi connectivity index (χ1v) is 6.47. The van der Waals surface area contributed by atoms with Gasteiger partial charge in [0.05, 0.1) is 11.3 Å². The minimum atomic E-state index is -4.49. The minimum Gasteiger partial charge on any atom is -0.384 e. The van der Waals surface area contributed by atoms with Gasteiger partial charge in [0.15, 0.2) is 0 Å². The van der Waals surface area contributed by atoms with Gasteiger partial charge in [0, 0.05) is 4.47 Å². The molecule has 1 aromatic heterocycles. The maximum absolute atomic E-state index is 12.7. The molecule has 0 aliphatic heterocycles. The van der Waals surface area contributed by atoms with Crippen LogP contribution >= 0.6 is 15.9 Å². The molecule has 0 aliphatic rings. The van der Waals surface area contributed by atoms with Gasteiger partial charge in [-0.3, -0.25) is 4.79 Å². The van der Waals surface area contributed by atoms with Crippen molar-refractivity contribution in [3.8, 4) is 0 Å². The highest BCUT2D eigenvalue weighted by Crippen LogP contribution is 2.34. The Labute approximate surface area is 126 Å². The number of hydrogen-bond acceptors (Lipinski definition) is 3. The van der Waals surface area contributed by atoms with Gasteiger partial charge in [-0.25, -0.2) is 4.98 Å². The summed E-state index contributed by atoms with van der Waals surface area (Å²) in [5.74, 6) is -0.506. The molecule has 0 fully saturated rings. The van der Waals surface area contributed by atoms with Crippen LogP contribution in [-0.2, 0) is 6.18 Å². The number of anilines is 2. The van der Waals surface area contributed by atoms with Crippen molar-refractivity contribution in [2.75, 3.05) is 11.1 Å². The van der Waals surface area contributed by atoms with E-state index >= 15 is 0 Å². The molecule has 0 aliphatic carbocycles. The number of benzene rings is 1. The Morgan fingerprint density at radius 1 is 1.24 bits per heavy atom. The molecule has 4 nitrogen and oxygen atoms in total. The van der Waals surface area contributed by atoms with Crippen molar-refractivity contribution >= 4 is 33.3 Å². The highest BCUT2D eigenvalue weighted by atomic mass is 79.9. The van der Waals surface area contributed by atoms with Gasteiger partial charge in [-0.05, 0) is 46.3 Å². The molecule has 1 amide bonds. The topological polar surface area (TPSA) is 68.0 Å². The second kappa shape index (κ2) is 5.72. The number of rotatable bonds is 2. The third-order valence-corrected chi connectivity index (χ3v) is 3.24. The Bertz CT molecular complexity index is 689. The van der Waals surface area contributed by atoms with E-state index in [1.165, 1.54) is 24.3 Å². The van der Waals surface area contributed by atoms with Gasteiger partial charge < -0.3 is 11.1 Å². The van der Waals surface area contributed by atoms with Gasteiger partial charge in [-0.1, -0.05) is 6.07 Å². The molecule has 8 heteroatoms. The van der Waals surface area contributed by atoms with Crippen LogP contribution in [0, 0.1) is 0 Å². The number of alkyl halides is 3. The predicted molar refractivity (Wildman–Crippen MR) is 75.7 cm³/mol. The molecule has 0 radical (unpaired) electrons. The molecule has 2 aromatic rings. The summed E-state index contributed by atoms with van der Waals surface area (Å²) in [4.78, 5) is 15.7. The lowest BCUT2D eigenvalue weighted by molar-refractivity contribution is -0.137. The average Bonchev–Trinajstić information content (AvgIpc) is 2.40. The maximum atomic E-state index is 12.7. The number of nitrogen functional groups attached to an aromatic ring is 1. The van der Waals surface area contributed by atoms with Crippen LogP contribution in [0.3, 0.4) is 0 Å². The van der Waals surface area contributed by atoms with Gasteiger partial charge in [0.25, 0.3) is 5.91 Å². The number of pyridine rings is 1. The summed E-state index contributed by atoms with van der Waals surface area (Å²) < 4.78 is 38.3. The SMILES string of the molecule is Nc1cccc(C(=O)Nc2cc(C(F)(F)F)ccc2Br)n1. The zero-order valence-corrected chi connectivity index (χ0v) is 12.0. The predicted octanol–water partition coefficient (Wildman–Crippen LogP) is 3.70. The Kier molecular flexibility index (Phi) is 4.17. The number of halogens is 4. The van der Waals surface area contributed by atoms with Crippen LogP contribution in [0.5, 0.6) is 0 Å². The van der Waals surface area contributed by atoms with Crippen molar-refractivity contribution in [1.82, 2.24) is 4.98 Å². The van der Waals surface area contributed by atoms with Crippen LogP contribution < -0.4 is 11.1 Å². The Morgan fingerprint density at radius 3 is 2.57 bits per heavy atom. The highest BCUT2D eigenvalue weighted by Gasteiger charge is 2.31. The van der Waals surface area contributed by atoms with E-state index in [0.717, 1.165) is 12.1 Å². The molecule has 1 heterocycles. The summed E-state index contributed by atoms with van der Waals surface area (Å²) >= 11 is 3.09. The first kappa shape index (κ1) is 15.3. The fourth-order valence-corrected chi connectivity index (χ4v) is 1.91. The van der Waals surface area contributed by atoms with E-state index in [1.807, 2.05) is 0 Å². The Morgan fingerprint density at radius 2 is 1.95 bits per heavy atom. The van der Waals surface area contributed by atoms with Gasteiger partial charge in [-0.2, -0.15) is 13.2 Å². The van der Waals surface area contributed by atoms with E-state index < -0.39 is 17.6 Å². The molecule has 0 saturated heterocycles. The number of carbonyl (C=O) groups excluding carboxylic acids is 1. The number of hydrogen-bond donors (Lipinski definition) is 2. The molecule has 21 heavy (non-hydrogen) atoms. The summed E-state index contributed by atoms with van der Waals surface area (Å²) in [6.45, 7) is 0. The third kappa shape index (κ3) is 3.72. The van der Waals surface area contributed by atoms with Crippen molar-refractivity contribution < 1.29 is 18.0 Å². The first-order valence-electron chi connectivity index (χ1n) is 5.68. The van der Waals surface area contributed by atoms with E-state index in [1.54, 1.807) is 0 Å². The monoisotopic (exact) mass is 359 g/mol. The van der Waals surface area contributed by atoms with Crippen molar-refractivity contribution in [2.24, 2.45) is 0 Å².